The summed E-state index contributed by atoms with van der Waals surface area (Å²) in [5.74, 6) is 0. The number of rotatable bonds is 2. The quantitative estimate of drug-likeness (QED) is 0.800. The number of piperidine rings is 1. The molecule has 2 saturated heterocycles. The van der Waals surface area contributed by atoms with Gasteiger partial charge in [0.2, 0.25) is 0 Å². The summed E-state index contributed by atoms with van der Waals surface area (Å²) in [6.07, 6.45) is 1.67. The third-order valence-corrected chi connectivity index (χ3v) is 4.01. The van der Waals surface area contributed by atoms with Crippen molar-refractivity contribution in [2.45, 2.75) is 57.3 Å². The lowest BCUT2D eigenvalue weighted by Crippen LogP contribution is -2.54. The Morgan fingerprint density at radius 2 is 2.10 bits per heavy atom. The van der Waals surface area contributed by atoms with Gasteiger partial charge < -0.3 is 24.8 Å². The van der Waals surface area contributed by atoms with E-state index in [1.54, 1.807) is 4.90 Å². The van der Waals surface area contributed by atoms with Crippen molar-refractivity contribution in [3.63, 3.8) is 0 Å². The van der Waals surface area contributed by atoms with Crippen molar-refractivity contribution in [1.82, 2.24) is 10.2 Å². The first kappa shape index (κ1) is 16.5. The molecule has 6 nitrogen and oxygen atoms in total. The molecule has 2 rings (SSSR count). The van der Waals surface area contributed by atoms with Crippen molar-refractivity contribution in [3.8, 4) is 0 Å². The van der Waals surface area contributed by atoms with Gasteiger partial charge in [-0.1, -0.05) is 0 Å². The maximum atomic E-state index is 12.3. The first-order chi connectivity index (χ1) is 9.79. The molecule has 6 heteroatoms. The highest BCUT2D eigenvalue weighted by atomic mass is 16.6. The fourth-order valence-corrected chi connectivity index (χ4v) is 2.92. The van der Waals surface area contributed by atoms with Crippen LogP contribution in [0.5, 0.6) is 0 Å². The number of amides is 1. The number of hydrogen-bond donors (Lipinski definition) is 2. The summed E-state index contributed by atoms with van der Waals surface area (Å²) in [5, 5.41) is 13.9. The lowest BCUT2D eigenvalue weighted by molar-refractivity contribution is -0.0700. The van der Waals surface area contributed by atoms with Gasteiger partial charge in [0.25, 0.3) is 0 Å². The number of nitrogens with one attached hydrogen (secondary N) is 1. The molecule has 0 spiro atoms. The zero-order valence-electron chi connectivity index (χ0n) is 13.4. The Balaban J connectivity index is 1.99. The molecule has 1 unspecified atom stereocenters. The average Bonchev–Trinajstić information content (AvgIpc) is 2.37. The molecule has 2 heterocycles. The molecule has 122 valence electrons. The van der Waals surface area contributed by atoms with Crippen LogP contribution in [0.15, 0.2) is 0 Å². The Morgan fingerprint density at radius 1 is 1.43 bits per heavy atom. The van der Waals surface area contributed by atoms with Crippen molar-refractivity contribution in [3.05, 3.63) is 0 Å². The monoisotopic (exact) mass is 300 g/mol. The Bertz CT molecular complexity index is 361. The van der Waals surface area contributed by atoms with Crippen LogP contribution in [0.25, 0.3) is 0 Å². The Morgan fingerprint density at radius 3 is 2.71 bits per heavy atom. The molecule has 1 atom stereocenters. The summed E-state index contributed by atoms with van der Waals surface area (Å²) in [4.78, 5) is 14.0. The SMILES string of the molecule is CC(C)(C)OC(=O)N1CCOCC1CC1(O)CCNCC1. The van der Waals surface area contributed by atoms with Crippen LogP contribution in [0.4, 0.5) is 4.79 Å². The molecule has 1 amide bonds. The zero-order chi connectivity index (χ0) is 15.5. The van der Waals surface area contributed by atoms with Crippen molar-refractivity contribution in [2.24, 2.45) is 0 Å². The highest BCUT2D eigenvalue weighted by Crippen LogP contribution is 2.27. The molecule has 2 fully saturated rings. The van der Waals surface area contributed by atoms with Gasteiger partial charge in [-0.3, -0.25) is 0 Å². The number of carbonyl (C=O) groups excluding carboxylic acids is 1. The summed E-state index contributed by atoms with van der Waals surface area (Å²) in [6.45, 7) is 8.73. The summed E-state index contributed by atoms with van der Waals surface area (Å²) < 4.78 is 11.0. The molecule has 2 aliphatic heterocycles. The Hall–Kier alpha value is -0.850. The standard InChI is InChI=1S/C15H28N2O4/c1-14(2,3)21-13(18)17-8-9-20-11-12(17)10-15(19)4-6-16-7-5-15/h12,16,19H,4-11H2,1-3H3. The third kappa shape index (κ3) is 4.83. The van der Waals surface area contributed by atoms with Gasteiger partial charge in [0.05, 0.1) is 24.9 Å². The summed E-state index contributed by atoms with van der Waals surface area (Å²) in [7, 11) is 0. The molecule has 2 N–H and O–H groups in total. The van der Waals surface area contributed by atoms with E-state index in [1.807, 2.05) is 20.8 Å². The molecule has 21 heavy (non-hydrogen) atoms. The largest absolute Gasteiger partial charge is 0.444 e. The molecular weight excluding hydrogens is 272 g/mol. The van der Waals surface area contributed by atoms with Crippen LogP contribution in [-0.2, 0) is 9.47 Å². The van der Waals surface area contributed by atoms with E-state index in [-0.39, 0.29) is 12.1 Å². The average molecular weight is 300 g/mol. The maximum absolute atomic E-state index is 12.3. The van der Waals surface area contributed by atoms with E-state index in [1.165, 1.54) is 0 Å². The number of hydrogen-bond acceptors (Lipinski definition) is 5. The minimum absolute atomic E-state index is 0.114. The second-order valence-electron chi connectivity index (χ2n) is 7.08. The number of carbonyl (C=O) groups is 1. The third-order valence-electron chi connectivity index (χ3n) is 4.01. The molecule has 0 aromatic heterocycles. The van der Waals surface area contributed by atoms with Crippen molar-refractivity contribution >= 4 is 6.09 Å². The van der Waals surface area contributed by atoms with Gasteiger partial charge >= 0.3 is 6.09 Å². The van der Waals surface area contributed by atoms with E-state index in [0.717, 1.165) is 13.1 Å². The van der Waals surface area contributed by atoms with Gasteiger partial charge in [0.1, 0.15) is 5.60 Å². The topological polar surface area (TPSA) is 71.0 Å². The molecule has 0 radical (unpaired) electrons. The molecule has 0 aliphatic carbocycles. The second-order valence-corrected chi connectivity index (χ2v) is 7.08. The Kier molecular flexibility index (Phi) is 5.11. The minimum Gasteiger partial charge on any atom is -0.444 e. The highest BCUT2D eigenvalue weighted by molar-refractivity contribution is 5.68. The van der Waals surface area contributed by atoms with E-state index in [0.29, 0.717) is 39.0 Å². The van der Waals surface area contributed by atoms with E-state index >= 15 is 0 Å². The van der Waals surface area contributed by atoms with Gasteiger partial charge in [-0.2, -0.15) is 0 Å². The number of morpholine rings is 1. The first-order valence-corrected chi connectivity index (χ1v) is 7.80. The maximum Gasteiger partial charge on any atom is 0.410 e. The van der Waals surface area contributed by atoms with Gasteiger partial charge in [-0.15, -0.1) is 0 Å². The van der Waals surface area contributed by atoms with Gasteiger partial charge in [-0.25, -0.2) is 4.79 Å². The van der Waals surface area contributed by atoms with E-state index < -0.39 is 11.2 Å². The predicted molar refractivity (Wildman–Crippen MR) is 79.2 cm³/mol. The van der Waals surface area contributed by atoms with E-state index in [4.69, 9.17) is 9.47 Å². The second kappa shape index (κ2) is 6.50. The molecule has 0 aromatic carbocycles. The van der Waals surface area contributed by atoms with Crippen molar-refractivity contribution in [2.75, 3.05) is 32.8 Å². The van der Waals surface area contributed by atoms with Gasteiger partial charge in [0.15, 0.2) is 0 Å². The fraction of sp³-hybridized carbons (Fsp3) is 0.933. The van der Waals surface area contributed by atoms with E-state index in [9.17, 15) is 9.90 Å². The number of ether oxygens (including phenoxy) is 2. The smallest absolute Gasteiger partial charge is 0.410 e. The molecular formula is C15H28N2O4. The summed E-state index contributed by atoms with van der Waals surface area (Å²) in [6, 6.07) is -0.114. The predicted octanol–water partition coefficient (Wildman–Crippen LogP) is 1.13. The molecule has 0 aromatic rings. The fourth-order valence-electron chi connectivity index (χ4n) is 2.92. The molecule has 0 bridgehead atoms. The summed E-state index contributed by atoms with van der Waals surface area (Å²) in [5.41, 5.74) is -1.22. The number of nitrogens with zero attached hydrogens (tertiary/aromatic N) is 1. The van der Waals surface area contributed by atoms with Gasteiger partial charge in [-0.05, 0) is 53.1 Å². The van der Waals surface area contributed by atoms with Gasteiger partial charge in [0, 0.05) is 6.54 Å². The lowest BCUT2D eigenvalue weighted by atomic mass is 9.85. The minimum atomic E-state index is -0.711. The van der Waals surface area contributed by atoms with Crippen LogP contribution in [0.3, 0.4) is 0 Å². The van der Waals surface area contributed by atoms with Crippen LogP contribution >= 0.6 is 0 Å². The van der Waals surface area contributed by atoms with Crippen LogP contribution in [-0.4, -0.2) is 66.2 Å². The Labute approximate surface area is 126 Å². The van der Waals surface area contributed by atoms with Crippen LogP contribution < -0.4 is 5.32 Å². The van der Waals surface area contributed by atoms with Crippen molar-refractivity contribution in [1.29, 1.82) is 0 Å². The molecule has 2 aliphatic rings. The van der Waals surface area contributed by atoms with Crippen LogP contribution in [0, 0.1) is 0 Å². The number of aliphatic hydroxyl groups is 1. The summed E-state index contributed by atoms with van der Waals surface area (Å²) >= 11 is 0. The van der Waals surface area contributed by atoms with Crippen LogP contribution in [0.2, 0.25) is 0 Å². The molecule has 0 saturated carbocycles. The normalized spacial score (nSPS) is 26.5. The van der Waals surface area contributed by atoms with Crippen molar-refractivity contribution < 1.29 is 19.4 Å². The lowest BCUT2D eigenvalue weighted by Gasteiger charge is -2.42. The zero-order valence-corrected chi connectivity index (χ0v) is 13.4. The van der Waals surface area contributed by atoms with E-state index in [2.05, 4.69) is 5.32 Å². The highest BCUT2D eigenvalue weighted by Gasteiger charge is 2.38. The van der Waals surface area contributed by atoms with Crippen LogP contribution in [0.1, 0.15) is 40.0 Å². The first-order valence-electron chi connectivity index (χ1n) is 7.80.